The number of nitrogens with zero attached hydrogens (tertiary/aromatic N) is 1. The van der Waals surface area contributed by atoms with Gasteiger partial charge in [-0.1, -0.05) is 6.07 Å². The van der Waals surface area contributed by atoms with E-state index in [0.29, 0.717) is 5.92 Å². The van der Waals surface area contributed by atoms with E-state index < -0.39 is 5.60 Å². The molecule has 2 heterocycles. The number of hydrogen-bond donors (Lipinski definition) is 0. The molecule has 1 aliphatic rings. The molecule has 1 aromatic carbocycles. The van der Waals surface area contributed by atoms with Crippen molar-refractivity contribution in [2.75, 3.05) is 13.2 Å². The van der Waals surface area contributed by atoms with Crippen molar-refractivity contribution in [2.45, 2.75) is 45.1 Å². The summed E-state index contributed by atoms with van der Waals surface area (Å²) in [4.78, 5) is 12.2. The van der Waals surface area contributed by atoms with Gasteiger partial charge in [-0.15, -0.1) is 0 Å². The summed E-state index contributed by atoms with van der Waals surface area (Å²) >= 11 is 0. The zero-order chi connectivity index (χ0) is 15.7. The van der Waals surface area contributed by atoms with Crippen molar-refractivity contribution in [3.8, 4) is 0 Å². The molecule has 1 saturated heterocycles. The zero-order valence-electron chi connectivity index (χ0n) is 13.5. The topological polar surface area (TPSA) is 40.5 Å². The smallest absolute Gasteiger partial charge is 0.418 e. The summed E-state index contributed by atoms with van der Waals surface area (Å²) < 4.78 is 12.6. The second kappa shape index (κ2) is 5.76. The Labute approximate surface area is 131 Å². The molecular formula is C18H23NO3. The first-order valence-electron chi connectivity index (χ1n) is 7.86. The summed E-state index contributed by atoms with van der Waals surface area (Å²) in [5, 5.41) is 1.06. The van der Waals surface area contributed by atoms with Crippen LogP contribution in [0.15, 0.2) is 30.5 Å². The highest BCUT2D eigenvalue weighted by molar-refractivity contribution is 5.90. The number of hydrogen-bond acceptors (Lipinski definition) is 3. The van der Waals surface area contributed by atoms with Gasteiger partial charge in [0.05, 0.1) is 12.1 Å². The summed E-state index contributed by atoms with van der Waals surface area (Å²) in [5.74, 6) is 0.461. The van der Waals surface area contributed by atoms with Crippen LogP contribution >= 0.6 is 0 Å². The van der Waals surface area contributed by atoms with Crippen molar-refractivity contribution in [3.63, 3.8) is 0 Å². The van der Waals surface area contributed by atoms with E-state index in [1.165, 1.54) is 5.56 Å². The van der Waals surface area contributed by atoms with Gasteiger partial charge in [-0.05, 0) is 57.4 Å². The van der Waals surface area contributed by atoms with Gasteiger partial charge in [0.15, 0.2) is 0 Å². The van der Waals surface area contributed by atoms with Gasteiger partial charge in [0.2, 0.25) is 0 Å². The van der Waals surface area contributed by atoms with Crippen LogP contribution in [0.1, 0.15) is 45.1 Å². The number of rotatable bonds is 1. The number of aromatic nitrogens is 1. The van der Waals surface area contributed by atoms with E-state index in [-0.39, 0.29) is 6.09 Å². The van der Waals surface area contributed by atoms with Crippen molar-refractivity contribution in [1.82, 2.24) is 4.57 Å². The first-order valence-corrected chi connectivity index (χ1v) is 7.86. The molecule has 1 aliphatic heterocycles. The Bertz CT molecular complexity index is 675. The highest BCUT2D eigenvalue weighted by Gasteiger charge is 2.20. The van der Waals surface area contributed by atoms with Crippen molar-refractivity contribution < 1.29 is 14.3 Å². The maximum absolute atomic E-state index is 12.2. The molecule has 1 unspecified atom stereocenters. The number of fused-ring (bicyclic) bond motifs is 1. The van der Waals surface area contributed by atoms with Crippen LogP contribution in [0.3, 0.4) is 0 Å². The van der Waals surface area contributed by atoms with Crippen LogP contribution in [-0.4, -0.2) is 29.5 Å². The lowest BCUT2D eigenvalue weighted by molar-refractivity contribution is 0.0544. The van der Waals surface area contributed by atoms with E-state index in [2.05, 4.69) is 12.1 Å². The standard InChI is InChI=1S/C18H23NO3/c1-18(2,3)22-17(20)19-9-8-14-11-13(6-7-16(14)19)15-5-4-10-21-12-15/h6-9,11,15H,4-5,10,12H2,1-3H3. The minimum atomic E-state index is -0.493. The van der Waals surface area contributed by atoms with Gasteiger partial charge in [-0.25, -0.2) is 4.79 Å². The van der Waals surface area contributed by atoms with Crippen molar-refractivity contribution >= 4 is 17.0 Å². The highest BCUT2D eigenvalue weighted by Crippen LogP contribution is 2.28. The molecule has 3 rings (SSSR count). The molecule has 1 atom stereocenters. The molecule has 0 saturated carbocycles. The highest BCUT2D eigenvalue weighted by atomic mass is 16.6. The molecule has 1 fully saturated rings. The van der Waals surface area contributed by atoms with Gasteiger partial charge in [0.1, 0.15) is 5.60 Å². The lowest BCUT2D eigenvalue weighted by Crippen LogP contribution is -2.26. The number of carbonyl (C=O) groups excluding carboxylic acids is 1. The first-order chi connectivity index (χ1) is 10.4. The fourth-order valence-electron chi connectivity index (χ4n) is 2.89. The second-order valence-corrected chi connectivity index (χ2v) is 6.90. The van der Waals surface area contributed by atoms with Gasteiger partial charge < -0.3 is 9.47 Å². The molecule has 22 heavy (non-hydrogen) atoms. The molecule has 0 spiro atoms. The summed E-state index contributed by atoms with van der Waals surface area (Å²) in [6, 6.07) is 8.23. The predicted molar refractivity (Wildman–Crippen MR) is 86.4 cm³/mol. The van der Waals surface area contributed by atoms with Crippen LogP contribution < -0.4 is 0 Å². The molecule has 0 radical (unpaired) electrons. The fraction of sp³-hybridized carbons (Fsp3) is 0.500. The van der Waals surface area contributed by atoms with E-state index in [9.17, 15) is 4.79 Å². The molecule has 0 N–H and O–H groups in total. The Morgan fingerprint density at radius 1 is 1.32 bits per heavy atom. The monoisotopic (exact) mass is 301 g/mol. The average molecular weight is 301 g/mol. The normalized spacial score (nSPS) is 19.3. The molecule has 4 nitrogen and oxygen atoms in total. The molecule has 2 aromatic rings. The van der Waals surface area contributed by atoms with Crippen molar-refractivity contribution in [3.05, 3.63) is 36.0 Å². The van der Waals surface area contributed by atoms with Crippen LogP contribution in [0.2, 0.25) is 0 Å². The van der Waals surface area contributed by atoms with E-state index in [1.54, 1.807) is 10.8 Å². The van der Waals surface area contributed by atoms with Crippen LogP contribution in [0.25, 0.3) is 10.9 Å². The SMILES string of the molecule is CC(C)(C)OC(=O)n1ccc2cc(C3CCCOC3)ccc21. The van der Waals surface area contributed by atoms with Gasteiger partial charge in [-0.2, -0.15) is 0 Å². The average Bonchev–Trinajstić information content (AvgIpc) is 2.89. The van der Waals surface area contributed by atoms with Crippen LogP contribution in [0, 0.1) is 0 Å². The first kappa shape index (κ1) is 15.1. The third-order valence-corrected chi connectivity index (χ3v) is 3.94. The summed E-state index contributed by atoms with van der Waals surface area (Å²) in [6.45, 7) is 7.28. The summed E-state index contributed by atoms with van der Waals surface area (Å²) in [5.41, 5.74) is 1.68. The second-order valence-electron chi connectivity index (χ2n) is 6.90. The van der Waals surface area contributed by atoms with Gasteiger partial charge in [0.25, 0.3) is 0 Å². The number of benzene rings is 1. The number of ether oxygens (including phenoxy) is 2. The molecule has 0 aliphatic carbocycles. The predicted octanol–water partition coefficient (Wildman–Crippen LogP) is 4.32. The molecular weight excluding hydrogens is 278 g/mol. The Morgan fingerprint density at radius 2 is 2.14 bits per heavy atom. The molecule has 4 heteroatoms. The van der Waals surface area contributed by atoms with Gasteiger partial charge in [0, 0.05) is 24.1 Å². The van der Waals surface area contributed by atoms with Crippen LogP contribution in [0.4, 0.5) is 4.79 Å². The Kier molecular flexibility index (Phi) is 3.96. The van der Waals surface area contributed by atoms with Crippen molar-refractivity contribution in [1.29, 1.82) is 0 Å². The van der Waals surface area contributed by atoms with E-state index in [1.807, 2.05) is 32.9 Å². The third kappa shape index (κ3) is 3.17. The van der Waals surface area contributed by atoms with Crippen molar-refractivity contribution in [2.24, 2.45) is 0 Å². The van der Waals surface area contributed by atoms with E-state index >= 15 is 0 Å². The minimum absolute atomic E-state index is 0.337. The van der Waals surface area contributed by atoms with E-state index in [0.717, 1.165) is 37.0 Å². The van der Waals surface area contributed by atoms with Gasteiger partial charge in [-0.3, -0.25) is 4.57 Å². The molecule has 0 amide bonds. The molecule has 118 valence electrons. The maximum atomic E-state index is 12.2. The van der Waals surface area contributed by atoms with Crippen LogP contribution in [-0.2, 0) is 9.47 Å². The zero-order valence-corrected chi connectivity index (χ0v) is 13.5. The maximum Gasteiger partial charge on any atom is 0.418 e. The largest absolute Gasteiger partial charge is 0.443 e. The Morgan fingerprint density at radius 3 is 2.82 bits per heavy atom. The Hall–Kier alpha value is -1.81. The fourth-order valence-corrected chi connectivity index (χ4v) is 2.89. The van der Waals surface area contributed by atoms with Gasteiger partial charge >= 0.3 is 6.09 Å². The number of carbonyl (C=O) groups is 1. The van der Waals surface area contributed by atoms with E-state index in [4.69, 9.17) is 9.47 Å². The lowest BCUT2D eigenvalue weighted by atomic mass is 9.93. The quantitative estimate of drug-likeness (QED) is 0.787. The summed E-state index contributed by atoms with van der Waals surface area (Å²) in [7, 11) is 0. The molecule has 1 aromatic heterocycles. The van der Waals surface area contributed by atoms with Crippen LogP contribution in [0.5, 0.6) is 0 Å². The Balaban J connectivity index is 1.87. The summed E-state index contributed by atoms with van der Waals surface area (Å²) in [6.07, 6.45) is 3.72. The lowest BCUT2D eigenvalue weighted by Gasteiger charge is -2.22. The third-order valence-electron chi connectivity index (χ3n) is 3.94. The minimum Gasteiger partial charge on any atom is -0.443 e. The molecule has 0 bridgehead atoms.